The van der Waals surface area contributed by atoms with E-state index in [1.165, 1.54) is 0 Å². The first kappa shape index (κ1) is 14.1. The molecule has 20 heavy (non-hydrogen) atoms. The molecule has 4 nitrogen and oxygen atoms in total. The molecular weight excluding hydrogens is 252 g/mol. The first-order valence-corrected chi connectivity index (χ1v) is 6.39. The summed E-state index contributed by atoms with van der Waals surface area (Å²) in [6.45, 7) is 0. The van der Waals surface area contributed by atoms with Crippen LogP contribution in [0.4, 0.5) is 11.4 Å². The fourth-order valence-electron chi connectivity index (χ4n) is 1.86. The largest absolute Gasteiger partial charge is 0.378 e. The molecule has 0 bridgehead atoms. The van der Waals surface area contributed by atoms with E-state index in [-0.39, 0.29) is 0 Å². The van der Waals surface area contributed by atoms with Crippen LogP contribution in [0.25, 0.3) is 0 Å². The summed E-state index contributed by atoms with van der Waals surface area (Å²) in [5.41, 5.74) is 2.22. The number of benzene rings is 2. The molecule has 2 rings (SSSR count). The van der Waals surface area contributed by atoms with Gasteiger partial charge in [-0.3, -0.25) is 4.79 Å². The standard InChI is InChI=1S/C16H18N2O2/c1-18(2)14-10-6-9-13(11-14)17-16(20)15(19)12-7-4-3-5-8-12/h3-11,15,19H,1-2H3,(H,17,20)/t15-/m1/s1. The quantitative estimate of drug-likeness (QED) is 0.897. The number of carbonyl (C=O) groups is 1. The summed E-state index contributed by atoms with van der Waals surface area (Å²) >= 11 is 0. The van der Waals surface area contributed by atoms with Crippen molar-refractivity contribution in [3.8, 4) is 0 Å². The third-order valence-corrected chi connectivity index (χ3v) is 2.99. The summed E-state index contributed by atoms with van der Waals surface area (Å²) in [6.07, 6.45) is -1.17. The molecule has 2 aromatic rings. The number of nitrogens with one attached hydrogen (secondary N) is 1. The van der Waals surface area contributed by atoms with Gasteiger partial charge in [-0.2, -0.15) is 0 Å². The second kappa shape index (κ2) is 6.21. The predicted octanol–water partition coefficient (Wildman–Crippen LogP) is 2.42. The lowest BCUT2D eigenvalue weighted by molar-refractivity contribution is -0.124. The number of hydrogen-bond donors (Lipinski definition) is 2. The molecule has 0 radical (unpaired) electrons. The van der Waals surface area contributed by atoms with Gasteiger partial charge in [-0.25, -0.2) is 0 Å². The first-order valence-electron chi connectivity index (χ1n) is 6.39. The SMILES string of the molecule is CN(C)c1cccc(NC(=O)[C@H](O)c2ccccc2)c1. The van der Waals surface area contributed by atoms with E-state index in [9.17, 15) is 9.90 Å². The molecule has 0 spiro atoms. The maximum atomic E-state index is 12.0. The normalized spacial score (nSPS) is 11.8. The van der Waals surface area contributed by atoms with E-state index in [0.717, 1.165) is 5.69 Å². The van der Waals surface area contributed by atoms with Crippen LogP contribution in [-0.4, -0.2) is 25.1 Å². The first-order chi connectivity index (χ1) is 9.58. The van der Waals surface area contributed by atoms with Crippen LogP contribution in [0.3, 0.4) is 0 Å². The molecule has 104 valence electrons. The van der Waals surface area contributed by atoms with Crippen LogP contribution in [0.15, 0.2) is 54.6 Å². The zero-order valence-electron chi connectivity index (χ0n) is 11.6. The maximum absolute atomic E-state index is 12.0. The van der Waals surface area contributed by atoms with Gasteiger partial charge in [0.25, 0.3) is 5.91 Å². The third-order valence-electron chi connectivity index (χ3n) is 2.99. The fraction of sp³-hybridized carbons (Fsp3) is 0.188. The Labute approximate surface area is 118 Å². The summed E-state index contributed by atoms with van der Waals surface area (Å²) in [5, 5.41) is 12.7. The zero-order valence-corrected chi connectivity index (χ0v) is 11.6. The van der Waals surface area contributed by atoms with E-state index < -0.39 is 12.0 Å². The number of amides is 1. The van der Waals surface area contributed by atoms with Gasteiger partial charge in [-0.05, 0) is 23.8 Å². The number of rotatable bonds is 4. The molecule has 4 heteroatoms. The van der Waals surface area contributed by atoms with E-state index in [1.54, 1.807) is 30.3 Å². The molecule has 0 aliphatic carbocycles. The number of hydrogen-bond acceptors (Lipinski definition) is 3. The Morgan fingerprint density at radius 3 is 2.45 bits per heavy atom. The van der Waals surface area contributed by atoms with Gasteiger partial charge in [0.1, 0.15) is 0 Å². The predicted molar refractivity (Wildman–Crippen MR) is 80.8 cm³/mol. The molecule has 1 atom stereocenters. The summed E-state index contributed by atoms with van der Waals surface area (Å²) in [4.78, 5) is 14.0. The van der Waals surface area contributed by atoms with E-state index >= 15 is 0 Å². The monoisotopic (exact) mass is 270 g/mol. The summed E-state index contributed by atoms with van der Waals surface area (Å²) in [6, 6.07) is 16.3. The Kier molecular flexibility index (Phi) is 4.38. The average molecular weight is 270 g/mol. The van der Waals surface area contributed by atoms with Crippen molar-refractivity contribution in [3.63, 3.8) is 0 Å². The maximum Gasteiger partial charge on any atom is 0.257 e. The molecule has 0 aliphatic heterocycles. The second-order valence-electron chi connectivity index (χ2n) is 4.75. The van der Waals surface area contributed by atoms with Crippen molar-refractivity contribution >= 4 is 17.3 Å². The Balaban J connectivity index is 2.10. The van der Waals surface area contributed by atoms with Gasteiger partial charge >= 0.3 is 0 Å². The minimum Gasteiger partial charge on any atom is -0.378 e. The average Bonchev–Trinajstić information content (AvgIpc) is 2.47. The van der Waals surface area contributed by atoms with Crippen LogP contribution in [0, 0.1) is 0 Å². The molecule has 1 amide bonds. The second-order valence-corrected chi connectivity index (χ2v) is 4.75. The van der Waals surface area contributed by atoms with Crippen LogP contribution in [0.5, 0.6) is 0 Å². The number of carbonyl (C=O) groups excluding carboxylic acids is 1. The van der Waals surface area contributed by atoms with Crippen molar-refractivity contribution in [1.82, 2.24) is 0 Å². The van der Waals surface area contributed by atoms with Crippen molar-refractivity contribution in [1.29, 1.82) is 0 Å². The van der Waals surface area contributed by atoms with Gasteiger partial charge < -0.3 is 15.3 Å². The molecule has 0 unspecified atom stereocenters. The lowest BCUT2D eigenvalue weighted by atomic mass is 10.1. The Hall–Kier alpha value is -2.33. The molecule has 0 heterocycles. The van der Waals surface area contributed by atoms with Crippen molar-refractivity contribution in [2.24, 2.45) is 0 Å². The zero-order chi connectivity index (χ0) is 14.5. The van der Waals surface area contributed by atoms with Gasteiger partial charge in [0.05, 0.1) is 0 Å². The van der Waals surface area contributed by atoms with Crippen LogP contribution in [0.1, 0.15) is 11.7 Å². The van der Waals surface area contributed by atoms with E-state index in [4.69, 9.17) is 0 Å². The minimum absolute atomic E-state index is 0.438. The topological polar surface area (TPSA) is 52.6 Å². The molecule has 0 fully saturated rings. The van der Waals surface area contributed by atoms with Crippen molar-refractivity contribution in [3.05, 3.63) is 60.2 Å². The highest BCUT2D eigenvalue weighted by Crippen LogP contribution is 2.19. The van der Waals surface area contributed by atoms with Crippen LogP contribution < -0.4 is 10.2 Å². The lowest BCUT2D eigenvalue weighted by Crippen LogP contribution is -2.21. The van der Waals surface area contributed by atoms with E-state index in [2.05, 4.69) is 5.32 Å². The van der Waals surface area contributed by atoms with Crippen molar-refractivity contribution in [2.45, 2.75) is 6.10 Å². The van der Waals surface area contributed by atoms with Gasteiger partial charge in [0, 0.05) is 25.5 Å². The van der Waals surface area contributed by atoms with Gasteiger partial charge in [0.15, 0.2) is 6.10 Å². The molecule has 0 saturated carbocycles. The number of nitrogens with zero attached hydrogens (tertiary/aromatic N) is 1. The molecule has 2 aromatic carbocycles. The highest BCUT2D eigenvalue weighted by molar-refractivity contribution is 5.95. The molecular formula is C16H18N2O2. The molecule has 0 aliphatic rings. The van der Waals surface area contributed by atoms with Gasteiger partial charge in [-0.15, -0.1) is 0 Å². The fourth-order valence-corrected chi connectivity index (χ4v) is 1.86. The van der Waals surface area contributed by atoms with Crippen molar-refractivity contribution < 1.29 is 9.90 Å². The minimum atomic E-state index is -1.17. The van der Waals surface area contributed by atoms with Gasteiger partial charge in [-0.1, -0.05) is 36.4 Å². The number of aliphatic hydroxyl groups excluding tert-OH is 1. The molecule has 0 saturated heterocycles. The third kappa shape index (κ3) is 3.36. The van der Waals surface area contributed by atoms with Crippen LogP contribution in [0.2, 0.25) is 0 Å². The summed E-state index contributed by atoms with van der Waals surface area (Å²) < 4.78 is 0. The Bertz CT molecular complexity index is 582. The number of aliphatic hydroxyl groups is 1. The van der Waals surface area contributed by atoms with Gasteiger partial charge in [0.2, 0.25) is 0 Å². The smallest absolute Gasteiger partial charge is 0.257 e. The summed E-state index contributed by atoms with van der Waals surface area (Å²) in [5.74, 6) is -0.438. The Morgan fingerprint density at radius 2 is 1.80 bits per heavy atom. The van der Waals surface area contributed by atoms with Crippen molar-refractivity contribution in [2.75, 3.05) is 24.3 Å². The summed E-state index contributed by atoms with van der Waals surface area (Å²) in [7, 11) is 3.86. The highest BCUT2D eigenvalue weighted by Gasteiger charge is 2.17. The lowest BCUT2D eigenvalue weighted by Gasteiger charge is -2.15. The Morgan fingerprint density at radius 1 is 1.10 bits per heavy atom. The number of anilines is 2. The van der Waals surface area contributed by atoms with E-state index in [0.29, 0.717) is 11.3 Å². The van der Waals surface area contributed by atoms with Crippen LogP contribution in [-0.2, 0) is 4.79 Å². The molecule has 2 N–H and O–H groups in total. The molecule has 0 aromatic heterocycles. The van der Waals surface area contributed by atoms with Crippen LogP contribution >= 0.6 is 0 Å². The van der Waals surface area contributed by atoms with E-state index in [1.807, 2.05) is 43.3 Å². The highest BCUT2D eigenvalue weighted by atomic mass is 16.3.